The van der Waals surface area contributed by atoms with Crippen molar-refractivity contribution in [2.45, 2.75) is 25.0 Å². The van der Waals surface area contributed by atoms with Crippen molar-refractivity contribution in [2.75, 3.05) is 20.2 Å². The third-order valence-electron chi connectivity index (χ3n) is 6.86. The van der Waals surface area contributed by atoms with Crippen molar-refractivity contribution in [1.82, 2.24) is 9.88 Å². The summed E-state index contributed by atoms with van der Waals surface area (Å²) in [5.41, 5.74) is 0.348. The summed E-state index contributed by atoms with van der Waals surface area (Å²) >= 11 is 6.24. The van der Waals surface area contributed by atoms with Gasteiger partial charge in [-0.3, -0.25) is 4.90 Å². The minimum atomic E-state index is -3.92. The first-order valence-corrected chi connectivity index (χ1v) is 11.9. The van der Waals surface area contributed by atoms with E-state index in [4.69, 9.17) is 29.9 Å². The van der Waals surface area contributed by atoms with Crippen LogP contribution >= 0.6 is 19.4 Å². The standard InChI is InChI=1S/C20H20ClN2O7P/c1-3-8-7-23-5-4-9(8)6-10(23)14(24)12-11-13(22-20(21)15(12)25)17-19-18(27-2)16(11)28-31(26,29-17)30-19/h3,8-10,14,24-25H,1,4-7H2,2H3/t8-,9?,10-,14-,31?/m0/s1. The van der Waals surface area contributed by atoms with Crippen molar-refractivity contribution in [3.63, 3.8) is 0 Å². The van der Waals surface area contributed by atoms with Crippen LogP contribution in [0.15, 0.2) is 12.7 Å². The third-order valence-corrected chi connectivity index (χ3v) is 8.34. The summed E-state index contributed by atoms with van der Waals surface area (Å²) in [6.07, 6.45) is 2.66. The van der Waals surface area contributed by atoms with Crippen LogP contribution in [-0.2, 0) is 4.57 Å². The van der Waals surface area contributed by atoms with E-state index in [0.29, 0.717) is 11.8 Å². The molecule has 2 aromatic rings. The number of hydrogen-bond acceptors (Lipinski definition) is 9. The van der Waals surface area contributed by atoms with Gasteiger partial charge in [-0.25, -0.2) is 4.98 Å². The lowest BCUT2D eigenvalue weighted by molar-refractivity contribution is -0.0450. The van der Waals surface area contributed by atoms with E-state index in [-0.39, 0.29) is 56.4 Å². The van der Waals surface area contributed by atoms with Crippen LogP contribution < -0.4 is 18.3 Å². The predicted octanol–water partition coefficient (Wildman–Crippen LogP) is 3.80. The van der Waals surface area contributed by atoms with Crippen molar-refractivity contribution in [3.05, 3.63) is 23.4 Å². The fourth-order valence-corrected chi connectivity index (χ4v) is 6.88. The summed E-state index contributed by atoms with van der Waals surface area (Å²) in [7, 11) is -2.51. The normalized spacial score (nSPS) is 33.0. The van der Waals surface area contributed by atoms with E-state index < -0.39 is 13.9 Å². The predicted molar refractivity (Wildman–Crippen MR) is 111 cm³/mol. The van der Waals surface area contributed by atoms with Crippen LogP contribution in [0.4, 0.5) is 0 Å². The highest BCUT2D eigenvalue weighted by Crippen LogP contribution is 2.72. The Morgan fingerprint density at radius 3 is 2.77 bits per heavy atom. The van der Waals surface area contributed by atoms with Crippen molar-refractivity contribution >= 4 is 30.3 Å². The zero-order valence-electron chi connectivity index (χ0n) is 16.6. The van der Waals surface area contributed by atoms with Gasteiger partial charge in [0.05, 0.1) is 18.6 Å². The van der Waals surface area contributed by atoms with Gasteiger partial charge in [0.15, 0.2) is 16.7 Å². The Labute approximate surface area is 182 Å². The number of methoxy groups -OCH3 is 1. The Kier molecular flexibility index (Phi) is 4.04. The van der Waals surface area contributed by atoms with E-state index in [1.165, 1.54) is 7.11 Å². The van der Waals surface area contributed by atoms with E-state index in [9.17, 15) is 14.8 Å². The Hall–Kier alpha value is -2.19. The van der Waals surface area contributed by atoms with Crippen LogP contribution in [0.25, 0.3) is 10.9 Å². The maximum Gasteiger partial charge on any atom is 0.647 e. The van der Waals surface area contributed by atoms with Gasteiger partial charge in [-0.05, 0) is 31.2 Å². The molecule has 0 spiro atoms. The zero-order chi connectivity index (χ0) is 21.7. The molecular formula is C20H20ClN2O7P. The highest BCUT2D eigenvalue weighted by atomic mass is 35.5. The molecule has 31 heavy (non-hydrogen) atoms. The first-order chi connectivity index (χ1) is 14.8. The third kappa shape index (κ3) is 2.52. The van der Waals surface area contributed by atoms with Gasteiger partial charge < -0.3 is 28.5 Å². The number of pyridine rings is 1. The number of aromatic hydroxyl groups is 1. The van der Waals surface area contributed by atoms with Gasteiger partial charge in [0.2, 0.25) is 17.2 Å². The lowest BCUT2D eigenvalue weighted by atomic mass is 9.73. The van der Waals surface area contributed by atoms with E-state index >= 15 is 0 Å². The summed E-state index contributed by atoms with van der Waals surface area (Å²) < 4.78 is 34.5. The number of ether oxygens (including phenoxy) is 1. The number of aromatic nitrogens is 1. The molecule has 3 fully saturated rings. The number of phosphoric acid groups is 1. The van der Waals surface area contributed by atoms with E-state index in [1.54, 1.807) is 0 Å². The molecular weight excluding hydrogens is 447 g/mol. The number of fused-ring (bicyclic) bond motifs is 8. The fraction of sp³-hybridized carbons (Fsp3) is 0.450. The monoisotopic (exact) mass is 466 g/mol. The van der Waals surface area contributed by atoms with Gasteiger partial charge >= 0.3 is 7.82 Å². The largest absolute Gasteiger partial charge is 0.647 e. The topological polar surface area (TPSA) is 111 Å². The Bertz CT molecular complexity index is 1200. The van der Waals surface area contributed by atoms with Gasteiger partial charge in [-0.1, -0.05) is 17.7 Å². The smallest absolute Gasteiger partial charge is 0.504 e. The molecule has 7 rings (SSSR count). The molecule has 5 aliphatic heterocycles. The number of hydrogen-bond donors (Lipinski definition) is 2. The number of halogens is 1. The molecule has 164 valence electrons. The number of benzene rings is 1. The summed E-state index contributed by atoms with van der Waals surface area (Å²) in [6.45, 7) is 5.58. The van der Waals surface area contributed by atoms with E-state index in [1.807, 2.05) is 6.08 Å². The molecule has 3 saturated heterocycles. The molecule has 5 bridgehead atoms. The SMILES string of the molecule is C=C[C@H]1CN2CCC1C[C@H]2[C@H](O)c1c(O)c(Cl)nc2c3c4c(OC)c(c12)OP(=O)(O4)O3. The Morgan fingerprint density at radius 1 is 1.35 bits per heavy atom. The lowest BCUT2D eigenvalue weighted by Crippen LogP contribution is -2.54. The van der Waals surface area contributed by atoms with Crippen molar-refractivity contribution < 1.29 is 33.1 Å². The molecule has 0 aliphatic carbocycles. The van der Waals surface area contributed by atoms with Crippen molar-refractivity contribution in [3.8, 4) is 28.7 Å². The lowest BCUT2D eigenvalue weighted by Gasteiger charge is -2.50. The van der Waals surface area contributed by atoms with Crippen molar-refractivity contribution in [2.24, 2.45) is 11.8 Å². The van der Waals surface area contributed by atoms with Gasteiger partial charge in [0, 0.05) is 18.2 Å². The van der Waals surface area contributed by atoms with E-state index in [0.717, 1.165) is 25.9 Å². The first-order valence-electron chi connectivity index (χ1n) is 10.0. The molecule has 0 amide bonds. The molecule has 3 unspecified atom stereocenters. The molecule has 9 nitrogen and oxygen atoms in total. The number of aliphatic hydroxyl groups is 1. The number of rotatable bonds is 4. The van der Waals surface area contributed by atoms with Crippen LogP contribution in [0.1, 0.15) is 24.5 Å². The second kappa shape index (κ2) is 6.42. The van der Waals surface area contributed by atoms with Crippen LogP contribution in [0.2, 0.25) is 5.15 Å². The maximum atomic E-state index is 12.8. The molecule has 1 aromatic heterocycles. The Morgan fingerprint density at radius 2 is 2.10 bits per heavy atom. The molecule has 6 heterocycles. The van der Waals surface area contributed by atoms with Crippen LogP contribution in [-0.4, -0.2) is 46.3 Å². The van der Waals surface area contributed by atoms with Crippen molar-refractivity contribution in [1.29, 1.82) is 0 Å². The summed E-state index contributed by atoms with van der Waals surface area (Å²) in [5, 5.41) is 22.5. The molecule has 5 aliphatic rings. The second-order valence-corrected chi connectivity index (χ2v) is 10.1. The number of aliphatic hydroxyl groups excluding tert-OH is 1. The summed E-state index contributed by atoms with van der Waals surface area (Å²) in [5.74, 6) is 0.825. The molecule has 11 heteroatoms. The van der Waals surface area contributed by atoms with E-state index in [2.05, 4.69) is 16.5 Å². The highest BCUT2D eigenvalue weighted by Gasteiger charge is 2.53. The minimum Gasteiger partial charge on any atom is -0.504 e. The van der Waals surface area contributed by atoms with Crippen LogP contribution in [0.5, 0.6) is 28.7 Å². The zero-order valence-corrected chi connectivity index (χ0v) is 18.2. The van der Waals surface area contributed by atoms with Gasteiger partial charge in [0.1, 0.15) is 5.52 Å². The molecule has 1 aromatic carbocycles. The maximum absolute atomic E-state index is 12.8. The molecule has 6 atom stereocenters. The molecule has 0 saturated carbocycles. The number of nitrogens with zero attached hydrogens (tertiary/aromatic N) is 2. The van der Waals surface area contributed by atoms with Gasteiger partial charge in [0.25, 0.3) is 0 Å². The van der Waals surface area contributed by atoms with Crippen LogP contribution in [0, 0.1) is 11.8 Å². The average molecular weight is 467 g/mol. The molecule has 0 radical (unpaired) electrons. The summed E-state index contributed by atoms with van der Waals surface area (Å²) in [4.78, 5) is 6.43. The van der Waals surface area contributed by atoms with Gasteiger partial charge in [-0.2, -0.15) is 4.57 Å². The molecule has 2 N–H and O–H groups in total. The van der Waals surface area contributed by atoms with Crippen LogP contribution in [0.3, 0.4) is 0 Å². The Balaban J connectivity index is 1.57. The average Bonchev–Trinajstić information content (AvgIpc) is 3.00. The van der Waals surface area contributed by atoms with Gasteiger partial charge in [-0.15, -0.1) is 6.58 Å². The fourth-order valence-electron chi connectivity index (χ4n) is 5.40. The second-order valence-electron chi connectivity index (χ2n) is 8.32. The first kappa shape index (κ1) is 19.5. The minimum absolute atomic E-state index is 0.0526. The summed E-state index contributed by atoms with van der Waals surface area (Å²) in [6, 6.07) is -0.239. The quantitative estimate of drug-likeness (QED) is 0.395. The number of piperidine rings is 3. The highest BCUT2D eigenvalue weighted by molar-refractivity contribution is 7.50. The number of phosphoric ester groups is 1.